The highest BCUT2D eigenvalue weighted by Gasteiger charge is 2.21. The summed E-state index contributed by atoms with van der Waals surface area (Å²) in [6, 6.07) is 6.42. The van der Waals surface area contributed by atoms with E-state index in [9.17, 15) is 9.18 Å². The molecule has 0 spiro atoms. The normalized spacial score (nSPS) is 15.6. The van der Waals surface area contributed by atoms with Gasteiger partial charge in [0, 0.05) is 24.2 Å². The van der Waals surface area contributed by atoms with E-state index in [0.29, 0.717) is 42.9 Å². The number of carbonyl (C=O) groups is 1. The molecule has 0 aliphatic carbocycles. The zero-order valence-electron chi connectivity index (χ0n) is 11.2. The van der Waals surface area contributed by atoms with Gasteiger partial charge >= 0.3 is 0 Å². The van der Waals surface area contributed by atoms with E-state index in [1.165, 1.54) is 6.07 Å². The molecule has 1 fully saturated rings. The van der Waals surface area contributed by atoms with E-state index in [-0.39, 0.29) is 11.4 Å². The van der Waals surface area contributed by atoms with Gasteiger partial charge in [0.05, 0.1) is 18.8 Å². The average molecular weight is 274 g/mol. The lowest BCUT2D eigenvalue weighted by molar-refractivity contribution is 0.0304. The van der Waals surface area contributed by atoms with E-state index < -0.39 is 5.82 Å². The summed E-state index contributed by atoms with van der Waals surface area (Å²) in [4.78, 5) is 18.5. The van der Waals surface area contributed by atoms with Gasteiger partial charge in [-0.05, 0) is 19.1 Å². The van der Waals surface area contributed by atoms with Crippen LogP contribution in [0.2, 0.25) is 0 Å². The number of ether oxygens (including phenoxy) is 1. The zero-order chi connectivity index (χ0) is 14.1. The Kier molecular flexibility index (Phi) is 3.36. The fraction of sp³-hybridized carbons (Fsp3) is 0.333. The first-order chi connectivity index (χ1) is 9.66. The number of pyridine rings is 1. The van der Waals surface area contributed by atoms with E-state index in [2.05, 4.69) is 4.98 Å². The van der Waals surface area contributed by atoms with Crippen molar-refractivity contribution in [1.29, 1.82) is 0 Å². The first kappa shape index (κ1) is 13.0. The summed E-state index contributed by atoms with van der Waals surface area (Å²) in [5.41, 5.74) is 1.40. The Balaban J connectivity index is 2.10. The Morgan fingerprint density at radius 1 is 1.35 bits per heavy atom. The van der Waals surface area contributed by atoms with E-state index in [0.717, 1.165) is 0 Å². The number of fused-ring (bicyclic) bond motifs is 1. The van der Waals surface area contributed by atoms with Crippen molar-refractivity contribution < 1.29 is 13.9 Å². The van der Waals surface area contributed by atoms with Crippen molar-refractivity contribution in [2.75, 3.05) is 26.3 Å². The predicted octanol–water partition coefficient (Wildman–Crippen LogP) is 2.15. The maximum atomic E-state index is 13.8. The number of nitrogens with zero attached hydrogens (tertiary/aromatic N) is 2. The summed E-state index contributed by atoms with van der Waals surface area (Å²) < 4.78 is 19.1. The Morgan fingerprint density at radius 2 is 2.10 bits per heavy atom. The molecule has 1 aliphatic heterocycles. The van der Waals surface area contributed by atoms with E-state index >= 15 is 0 Å². The molecule has 2 heterocycles. The standard InChI is InChI=1S/C15H15FN2O2/c1-10-9-12(15(19)18-5-7-20-8-6-18)11-3-2-4-13(16)14(11)17-10/h2-4,9H,5-8H2,1H3. The van der Waals surface area contributed by atoms with Crippen LogP contribution in [0.15, 0.2) is 24.3 Å². The van der Waals surface area contributed by atoms with Gasteiger partial charge in [-0.15, -0.1) is 0 Å². The largest absolute Gasteiger partial charge is 0.378 e. The molecule has 2 aromatic rings. The second-order valence-corrected chi connectivity index (χ2v) is 4.85. The molecular formula is C15H15FN2O2. The molecule has 5 heteroatoms. The molecule has 0 atom stereocenters. The number of aryl methyl sites for hydroxylation is 1. The van der Waals surface area contributed by atoms with Gasteiger partial charge < -0.3 is 9.64 Å². The van der Waals surface area contributed by atoms with Gasteiger partial charge in [0.15, 0.2) is 0 Å². The Bertz CT molecular complexity index is 666. The molecule has 1 aromatic carbocycles. The number of carbonyl (C=O) groups excluding carboxylic acids is 1. The van der Waals surface area contributed by atoms with Gasteiger partial charge in [-0.3, -0.25) is 4.79 Å². The number of hydrogen-bond donors (Lipinski definition) is 0. The first-order valence-electron chi connectivity index (χ1n) is 6.60. The van der Waals surface area contributed by atoms with Crippen LogP contribution in [0.5, 0.6) is 0 Å². The number of rotatable bonds is 1. The molecule has 1 saturated heterocycles. The van der Waals surface area contributed by atoms with Crippen LogP contribution in [-0.2, 0) is 4.74 Å². The first-order valence-corrected chi connectivity index (χ1v) is 6.60. The van der Waals surface area contributed by atoms with Crippen molar-refractivity contribution in [3.05, 3.63) is 41.3 Å². The molecule has 1 aliphatic rings. The monoisotopic (exact) mass is 274 g/mol. The van der Waals surface area contributed by atoms with Crippen molar-refractivity contribution in [3.8, 4) is 0 Å². The summed E-state index contributed by atoms with van der Waals surface area (Å²) in [6.45, 7) is 3.99. The van der Waals surface area contributed by atoms with E-state index in [1.807, 2.05) is 0 Å². The van der Waals surface area contributed by atoms with Crippen LogP contribution in [0.4, 0.5) is 4.39 Å². The summed E-state index contributed by atoms with van der Waals surface area (Å²) in [6.07, 6.45) is 0. The number of amides is 1. The van der Waals surface area contributed by atoms with Gasteiger partial charge in [-0.1, -0.05) is 12.1 Å². The topological polar surface area (TPSA) is 42.4 Å². The molecule has 0 radical (unpaired) electrons. The predicted molar refractivity (Wildman–Crippen MR) is 73.2 cm³/mol. The lowest BCUT2D eigenvalue weighted by Gasteiger charge is -2.27. The van der Waals surface area contributed by atoms with Crippen LogP contribution >= 0.6 is 0 Å². The van der Waals surface area contributed by atoms with Crippen LogP contribution in [0.3, 0.4) is 0 Å². The molecule has 0 bridgehead atoms. The summed E-state index contributed by atoms with van der Waals surface area (Å²) in [7, 11) is 0. The molecular weight excluding hydrogens is 259 g/mol. The molecule has 104 valence electrons. The number of benzene rings is 1. The SMILES string of the molecule is Cc1cc(C(=O)N2CCOCC2)c2cccc(F)c2n1. The summed E-state index contributed by atoms with van der Waals surface area (Å²) in [5, 5.41) is 0.562. The minimum atomic E-state index is -0.401. The van der Waals surface area contributed by atoms with Crippen LogP contribution in [-0.4, -0.2) is 42.1 Å². The minimum absolute atomic E-state index is 0.0885. The molecule has 0 saturated carbocycles. The van der Waals surface area contributed by atoms with Crippen molar-refractivity contribution in [1.82, 2.24) is 9.88 Å². The van der Waals surface area contributed by atoms with Crippen LogP contribution in [0, 0.1) is 12.7 Å². The van der Waals surface area contributed by atoms with Crippen molar-refractivity contribution in [2.45, 2.75) is 6.92 Å². The fourth-order valence-electron chi connectivity index (χ4n) is 2.46. The summed E-state index contributed by atoms with van der Waals surface area (Å²) in [5.74, 6) is -0.489. The number of para-hydroxylation sites is 1. The van der Waals surface area contributed by atoms with Crippen LogP contribution in [0.25, 0.3) is 10.9 Å². The van der Waals surface area contributed by atoms with Gasteiger partial charge in [-0.25, -0.2) is 9.37 Å². The van der Waals surface area contributed by atoms with Gasteiger partial charge in [0.1, 0.15) is 11.3 Å². The zero-order valence-corrected chi connectivity index (χ0v) is 11.2. The fourth-order valence-corrected chi connectivity index (χ4v) is 2.46. The third-order valence-electron chi connectivity index (χ3n) is 3.45. The number of morpholine rings is 1. The highest BCUT2D eigenvalue weighted by molar-refractivity contribution is 6.06. The second kappa shape index (κ2) is 5.17. The molecule has 0 N–H and O–H groups in total. The van der Waals surface area contributed by atoms with Crippen molar-refractivity contribution in [2.24, 2.45) is 0 Å². The third-order valence-corrected chi connectivity index (χ3v) is 3.45. The number of hydrogen-bond acceptors (Lipinski definition) is 3. The maximum Gasteiger partial charge on any atom is 0.254 e. The third kappa shape index (κ3) is 2.25. The maximum absolute atomic E-state index is 13.8. The molecule has 4 nitrogen and oxygen atoms in total. The highest BCUT2D eigenvalue weighted by Crippen LogP contribution is 2.22. The molecule has 1 amide bonds. The summed E-state index contributed by atoms with van der Waals surface area (Å²) >= 11 is 0. The molecule has 1 aromatic heterocycles. The smallest absolute Gasteiger partial charge is 0.254 e. The van der Waals surface area contributed by atoms with Crippen LogP contribution < -0.4 is 0 Å². The lowest BCUT2D eigenvalue weighted by atomic mass is 10.1. The van der Waals surface area contributed by atoms with Crippen molar-refractivity contribution in [3.63, 3.8) is 0 Å². The Morgan fingerprint density at radius 3 is 2.85 bits per heavy atom. The van der Waals surface area contributed by atoms with Crippen LogP contribution in [0.1, 0.15) is 16.1 Å². The number of aromatic nitrogens is 1. The molecule has 0 unspecified atom stereocenters. The average Bonchev–Trinajstić information content (AvgIpc) is 2.48. The number of halogens is 1. The van der Waals surface area contributed by atoms with Gasteiger partial charge in [-0.2, -0.15) is 0 Å². The quantitative estimate of drug-likeness (QED) is 0.800. The van der Waals surface area contributed by atoms with E-state index in [4.69, 9.17) is 4.74 Å². The second-order valence-electron chi connectivity index (χ2n) is 4.85. The molecule has 3 rings (SSSR count). The van der Waals surface area contributed by atoms with Crippen molar-refractivity contribution >= 4 is 16.8 Å². The minimum Gasteiger partial charge on any atom is -0.378 e. The highest BCUT2D eigenvalue weighted by atomic mass is 19.1. The van der Waals surface area contributed by atoms with Gasteiger partial charge in [0.2, 0.25) is 0 Å². The lowest BCUT2D eigenvalue weighted by Crippen LogP contribution is -2.40. The molecule has 20 heavy (non-hydrogen) atoms. The van der Waals surface area contributed by atoms with E-state index in [1.54, 1.807) is 30.0 Å². The Hall–Kier alpha value is -2.01. The van der Waals surface area contributed by atoms with Gasteiger partial charge in [0.25, 0.3) is 5.91 Å². The Labute approximate surface area is 116 Å².